The quantitative estimate of drug-likeness (QED) is 0.896. The summed E-state index contributed by atoms with van der Waals surface area (Å²) in [6, 6.07) is 0. The number of hydrogen-bond donors (Lipinski definition) is 1. The fourth-order valence-corrected chi connectivity index (χ4v) is 3.24. The summed E-state index contributed by atoms with van der Waals surface area (Å²) in [4.78, 5) is 8.40. The van der Waals surface area contributed by atoms with Crippen LogP contribution in [0.1, 0.15) is 23.9 Å². The van der Waals surface area contributed by atoms with Gasteiger partial charge in [0, 0.05) is 23.2 Å². The van der Waals surface area contributed by atoms with E-state index in [0.717, 1.165) is 0 Å². The van der Waals surface area contributed by atoms with Crippen LogP contribution in [0.15, 0.2) is 23.2 Å². The van der Waals surface area contributed by atoms with Gasteiger partial charge in [0.2, 0.25) is 0 Å². The van der Waals surface area contributed by atoms with Gasteiger partial charge in [0.15, 0.2) is 5.60 Å². The first-order valence-corrected chi connectivity index (χ1v) is 6.44. The summed E-state index contributed by atoms with van der Waals surface area (Å²) in [6.45, 7) is 3.95. The largest absolute Gasteiger partial charge is 0.375 e. The molecule has 0 aliphatic heterocycles. The molecule has 1 N–H and O–H groups in total. The maximum atomic E-state index is 10.7. The second-order valence-electron chi connectivity index (χ2n) is 3.60. The molecule has 2 aromatic heterocycles. The summed E-state index contributed by atoms with van der Waals surface area (Å²) >= 11 is 2.92. The van der Waals surface area contributed by atoms with Gasteiger partial charge < -0.3 is 5.11 Å². The summed E-state index contributed by atoms with van der Waals surface area (Å²) < 4.78 is 0. The van der Waals surface area contributed by atoms with Gasteiger partial charge in [0.05, 0.1) is 0 Å². The van der Waals surface area contributed by atoms with Crippen LogP contribution in [0.2, 0.25) is 0 Å². The Bertz CT molecular complexity index is 374. The first kappa shape index (κ1) is 10.7. The summed E-state index contributed by atoms with van der Waals surface area (Å²) in [7, 11) is 0. The smallest absolute Gasteiger partial charge is 0.169 e. The van der Waals surface area contributed by atoms with Gasteiger partial charge >= 0.3 is 0 Å². The molecule has 0 fully saturated rings. The van der Waals surface area contributed by atoms with E-state index in [0.29, 0.717) is 10.0 Å². The van der Waals surface area contributed by atoms with Crippen LogP contribution in [-0.2, 0) is 5.60 Å². The molecule has 0 saturated carbocycles. The first-order valence-electron chi connectivity index (χ1n) is 4.68. The number of thiazole rings is 2. The van der Waals surface area contributed by atoms with Gasteiger partial charge in [-0.05, 0) is 5.92 Å². The minimum absolute atomic E-state index is 0.0507. The average Bonchev–Trinajstić information content (AvgIpc) is 2.89. The molecule has 0 spiro atoms. The number of aromatic nitrogens is 2. The summed E-state index contributed by atoms with van der Waals surface area (Å²) in [5, 5.41) is 15.9. The van der Waals surface area contributed by atoms with Crippen molar-refractivity contribution in [2.24, 2.45) is 5.92 Å². The molecule has 0 radical (unpaired) electrons. The molecular formula is C10H12N2OS2. The van der Waals surface area contributed by atoms with Gasteiger partial charge in [-0.25, -0.2) is 9.97 Å². The number of nitrogens with zero attached hydrogens (tertiary/aromatic N) is 2. The van der Waals surface area contributed by atoms with Gasteiger partial charge in [-0.1, -0.05) is 13.8 Å². The number of hydrogen-bond acceptors (Lipinski definition) is 5. The zero-order valence-corrected chi connectivity index (χ0v) is 10.2. The molecule has 5 heteroatoms. The third kappa shape index (κ3) is 1.71. The third-order valence-electron chi connectivity index (χ3n) is 2.35. The van der Waals surface area contributed by atoms with Gasteiger partial charge in [-0.15, -0.1) is 22.7 Å². The van der Waals surface area contributed by atoms with Crippen LogP contribution in [0.25, 0.3) is 0 Å². The molecule has 0 unspecified atom stereocenters. The van der Waals surface area contributed by atoms with Crippen LogP contribution < -0.4 is 0 Å². The molecule has 2 aromatic rings. The summed E-state index contributed by atoms with van der Waals surface area (Å²) in [5.74, 6) is 0.0507. The molecule has 80 valence electrons. The van der Waals surface area contributed by atoms with Crippen molar-refractivity contribution in [3.63, 3.8) is 0 Å². The SMILES string of the molecule is CC(C)C(O)(c1nccs1)c1nccs1. The highest BCUT2D eigenvalue weighted by Crippen LogP contribution is 2.38. The molecule has 2 heterocycles. The lowest BCUT2D eigenvalue weighted by atomic mass is 9.91. The number of rotatable bonds is 3. The molecule has 0 bridgehead atoms. The predicted octanol–water partition coefficient (Wildman–Crippen LogP) is 2.49. The van der Waals surface area contributed by atoms with Crippen LogP contribution in [0.4, 0.5) is 0 Å². The second-order valence-corrected chi connectivity index (χ2v) is 5.38. The Balaban J connectivity index is 2.51. The molecule has 2 rings (SSSR count). The van der Waals surface area contributed by atoms with Crippen LogP contribution in [0, 0.1) is 5.92 Å². The molecule has 0 amide bonds. The molecule has 0 saturated heterocycles. The Morgan fingerprint density at radius 2 is 1.60 bits per heavy atom. The van der Waals surface area contributed by atoms with Crippen molar-refractivity contribution in [3.8, 4) is 0 Å². The van der Waals surface area contributed by atoms with Crippen LogP contribution in [0.5, 0.6) is 0 Å². The highest BCUT2D eigenvalue weighted by atomic mass is 32.1. The van der Waals surface area contributed by atoms with Gasteiger partial charge in [-0.3, -0.25) is 0 Å². The van der Waals surface area contributed by atoms with E-state index < -0.39 is 5.60 Å². The van der Waals surface area contributed by atoms with E-state index in [1.807, 2.05) is 24.6 Å². The second kappa shape index (κ2) is 4.00. The van der Waals surface area contributed by atoms with Gasteiger partial charge in [0.25, 0.3) is 0 Å². The Morgan fingerprint density at radius 1 is 1.13 bits per heavy atom. The standard InChI is InChI=1S/C10H12N2OS2/c1-7(2)10(13,8-11-3-5-14-8)9-12-4-6-15-9/h3-7,13H,1-2H3. The molecule has 0 atom stereocenters. The Hall–Kier alpha value is -0.780. The zero-order valence-electron chi connectivity index (χ0n) is 8.54. The Morgan fingerprint density at radius 3 is 1.87 bits per heavy atom. The van der Waals surface area contributed by atoms with Gasteiger partial charge in [-0.2, -0.15) is 0 Å². The van der Waals surface area contributed by atoms with E-state index in [-0.39, 0.29) is 5.92 Å². The topological polar surface area (TPSA) is 46.0 Å². The Kier molecular flexibility index (Phi) is 2.86. The highest BCUT2D eigenvalue weighted by molar-refractivity contribution is 7.11. The minimum atomic E-state index is -1.04. The van der Waals surface area contributed by atoms with Crippen LogP contribution in [0.3, 0.4) is 0 Å². The molecular weight excluding hydrogens is 228 g/mol. The van der Waals surface area contributed by atoms with Crippen molar-refractivity contribution < 1.29 is 5.11 Å². The van der Waals surface area contributed by atoms with E-state index in [1.165, 1.54) is 22.7 Å². The zero-order chi connectivity index (χ0) is 10.9. The molecule has 0 aromatic carbocycles. The predicted molar refractivity (Wildman–Crippen MR) is 62.1 cm³/mol. The fraction of sp³-hybridized carbons (Fsp3) is 0.400. The van der Waals surface area contributed by atoms with E-state index in [2.05, 4.69) is 9.97 Å². The van der Waals surface area contributed by atoms with Crippen molar-refractivity contribution in [2.75, 3.05) is 0 Å². The van der Waals surface area contributed by atoms with Crippen molar-refractivity contribution >= 4 is 22.7 Å². The monoisotopic (exact) mass is 240 g/mol. The summed E-state index contributed by atoms with van der Waals surface area (Å²) in [6.07, 6.45) is 3.42. The first-order chi connectivity index (χ1) is 7.15. The molecule has 0 aliphatic carbocycles. The van der Waals surface area contributed by atoms with E-state index in [1.54, 1.807) is 12.4 Å². The Labute approximate surface area is 96.5 Å². The molecule has 0 aliphatic rings. The van der Waals surface area contributed by atoms with Crippen LogP contribution in [-0.4, -0.2) is 15.1 Å². The van der Waals surface area contributed by atoms with E-state index in [9.17, 15) is 5.11 Å². The van der Waals surface area contributed by atoms with E-state index in [4.69, 9.17) is 0 Å². The van der Waals surface area contributed by atoms with Crippen molar-refractivity contribution in [1.82, 2.24) is 9.97 Å². The third-order valence-corrected chi connectivity index (χ3v) is 4.15. The van der Waals surface area contributed by atoms with E-state index >= 15 is 0 Å². The maximum absolute atomic E-state index is 10.7. The molecule has 15 heavy (non-hydrogen) atoms. The lowest BCUT2D eigenvalue weighted by molar-refractivity contribution is 0.0313. The minimum Gasteiger partial charge on any atom is -0.375 e. The summed E-state index contributed by atoms with van der Waals surface area (Å²) in [5.41, 5.74) is -1.04. The molecule has 3 nitrogen and oxygen atoms in total. The van der Waals surface area contributed by atoms with Crippen molar-refractivity contribution in [2.45, 2.75) is 19.4 Å². The van der Waals surface area contributed by atoms with Crippen LogP contribution >= 0.6 is 22.7 Å². The number of aliphatic hydroxyl groups is 1. The average molecular weight is 240 g/mol. The lowest BCUT2D eigenvalue weighted by Crippen LogP contribution is -2.33. The van der Waals surface area contributed by atoms with Crippen molar-refractivity contribution in [1.29, 1.82) is 0 Å². The maximum Gasteiger partial charge on any atom is 0.169 e. The highest BCUT2D eigenvalue weighted by Gasteiger charge is 2.40. The lowest BCUT2D eigenvalue weighted by Gasteiger charge is -2.27. The van der Waals surface area contributed by atoms with Crippen molar-refractivity contribution in [3.05, 3.63) is 33.2 Å². The van der Waals surface area contributed by atoms with Gasteiger partial charge in [0.1, 0.15) is 10.0 Å². The fourth-order valence-electron chi connectivity index (χ4n) is 1.41. The normalized spacial score (nSPS) is 12.3.